The van der Waals surface area contributed by atoms with Crippen molar-refractivity contribution in [3.63, 3.8) is 0 Å². The van der Waals surface area contributed by atoms with Crippen LogP contribution < -0.4 is 15.5 Å². The van der Waals surface area contributed by atoms with Gasteiger partial charge in [-0.1, -0.05) is 12.1 Å². The van der Waals surface area contributed by atoms with Crippen LogP contribution in [0.4, 0.5) is 5.69 Å². The second-order valence-electron chi connectivity index (χ2n) is 7.11. The zero-order chi connectivity index (χ0) is 14.2. The van der Waals surface area contributed by atoms with Gasteiger partial charge >= 0.3 is 0 Å². The van der Waals surface area contributed by atoms with Crippen molar-refractivity contribution in [3.05, 3.63) is 29.3 Å². The first kappa shape index (κ1) is 13.6. The molecule has 0 bridgehead atoms. The predicted octanol–water partition coefficient (Wildman–Crippen LogP) is 2.12. The van der Waals surface area contributed by atoms with E-state index in [1.54, 1.807) is 11.1 Å². The average molecular weight is 285 g/mol. The second-order valence-corrected chi connectivity index (χ2v) is 7.11. The molecule has 2 fully saturated rings. The van der Waals surface area contributed by atoms with Gasteiger partial charge in [0, 0.05) is 31.2 Å². The maximum atomic E-state index is 3.81. The Morgan fingerprint density at radius 3 is 3.00 bits per heavy atom. The van der Waals surface area contributed by atoms with Crippen LogP contribution in [0.5, 0.6) is 0 Å². The number of piperidine rings is 1. The van der Waals surface area contributed by atoms with Gasteiger partial charge in [-0.25, -0.2) is 0 Å². The van der Waals surface area contributed by atoms with Gasteiger partial charge in [-0.3, -0.25) is 0 Å². The molecule has 2 heterocycles. The zero-order valence-corrected chi connectivity index (χ0v) is 13.1. The first-order chi connectivity index (χ1) is 10.3. The summed E-state index contributed by atoms with van der Waals surface area (Å²) in [6, 6.07) is 7.89. The molecule has 2 aliphatic heterocycles. The third kappa shape index (κ3) is 2.82. The molecular formula is C18H27N3. The molecule has 21 heavy (non-hydrogen) atoms. The number of hydrogen-bond donors (Lipinski definition) is 2. The summed E-state index contributed by atoms with van der Waals surface area (Å²) >= 11 is 0. The lowest BCUT2D eigenvalue weighted by Crippen LogP contribution is -2.34. The van der Waals surface area contributed by atoms with Crippen LogP contribution in [0.15, 0.2) is 18.2 Å². The van der Waals surface area contributed by atoms with Gasteiger partial charge in [-0.05, 0) is 68.4 Å². The molecule has 2 unspecified atom stereocenters. The molecule has 2 N–H and O–H groups in total. The Bertz CT molecular complexity index is 507. The van der Waals surface area contributed by atoms with E-state index in [0.29, 0.717) is 0 Å². The fourth-order valence-corrected chi connectivity index (χ4v) is 4.01. The minimum absolute atomic E-state index is 0.733. The summed E-state index contributed by atoms with van der Waals surface area (Å²) in [6.45, 7) is 4.81. The van der Waals surface area contributed by atoms with Crippen LogP contribution >= 0.6 is 0 Å². The van der Waals surface area contributed by atoms with E-state index >= 15 is 0 Å². The van der Waals surface area contributed by atoms with E-state index in [0.717, 1.165) is 17.9 Å². The van der Waals surface area contributed by atoms with E-state index in [1.807, 2.05) is 0 Å². The van der Waals surface area contributed by atoms with Crippen LogP contribution in [0.3, 0.4) is 0 Å². The number of nitrogens with one attached hydrogen (secondary N) is 2. The molecule has 2 atom stereocenters. The van der Waals surface area contributed by atoms with Crippen molar-refractivity contribution in [3.8, 4) is 0 Å². The van der Waals surface area contributed by atoms with E-state index in [-0.39, 0.29) is 0 Å². The van der Waals surface area contributed by atoms with E-state index < -0.39 is 0 Å². The first-order valence-corrected chi connectivity index (χ1v) is 8.59. The van der Waals surface area contributed by atoms with E-state index in [1.165, 1.54) is 57.5 Å². The second kappa shape index (κ2) is 5.62. The van der Waals surface area contributed by atoms with Crippen molar-refractivity contribution < 1.29 is 0 Å². The number of rotatable bonds is 4. The third-order valence-electron chi connectivity index (χ3n) is 5.58. The molecule has 3 nitrogen and oxygen atoms in total. The van der Waals surface area contributed by atoms with Gasteiger partial charge in [0.15, 0.2) is 0 Å². The number of benzene rings is 1. The highest BCUT2D eigenvalue weighted by Gasteiger charge is 2.38. The summed E-state index contributed by atoms with van der Waals surface area (Å²) < 4.78 is 0. The molecule has 0 spiro atoms. The van der Waals surface area contributed by atoms with Gasteiger partial charge in [0.05, 0.1) is 0 Å². The van der Waals surface area contributed by atoms with Crippen LogP contribution in [0.25, 0.3) is 0 Å². The van der Waals surface area contributed by atoms with Crippen molar-refractivity contribution >= 4 is 5.69 Å². The highest BCUT2D eigenvalue weighted by Crippen LogP contribution is 2.42. The van der Waals surface area contributed by atoms with Crippen LogP contribution in [-0.2, 0) is 6.42 Å². The topological polar surface area (TPSA) is 27.3 Å². The predicted molar refractivity (Wildman–Crippen MR) is 88.2 cm³/mol. The summed E-state index contributed by atoms with van der Waals surface area (Å²) in [5.41, 5.74) is 4.56. The zero-order valence-electron chi connectivity index (χ0n) is 13.1. The Morgan fingerprint density at radius 1 is 1.29 bits per heavy atom. The monoisotopic (exact) mass is 285 g/mol. The lowest BCUT2D eigenvalue weighted by Gasteiger charge is -2.22. The molecule has 0 amide bonds. The summed E-state index contributed by atoms with van der Waals surface area (Å²) in [6.07, 6.45) is 5.24. The van der Waals surface area contributed by atoms with E-state index in [9.17, 15) is 0 Å². The molecule has 1 aromatic carbocycles. The van der Waals surface area contributed by atoms with Crippen LogP contribution in [0, 0.1) is 5.92 Å². The highest BCUT2D eigenvalue weighted by molar-refractivity contribution is 5.59. The molecular weight excluding hydrogens is 258 g/mol. The molecule has 114 valence electrons. The molecule has 1 aliphatic carbocycles. The maximum Gasteiger partial charge on any atom is 0.0397 e. The molecule has 4 rings (SSSR count). The highest BCUT2D eigenvalue weighted by atomic mass is 15.1. The van der Waals surface area contributed by atoms with Gasteiger partial charge < -0.3 is 15.5 Å². The lowest BCUT2D eigenvalue weighted by molar-refractivity contribution is 0.355. The number of nitrogens with zero attached hydrogens (tertiary/aromatic N) is 1. The minimum atomic E-state index is 0.733. The number of fused-ring (bicyclic) bond motifs is 1. The van der Waals surface area contributed by atoms with Crippen LogP contribution in [0.2, 0.25) is 0 Å². The third-order valence-corrected chi connectivity index (χ3v) is 5.58. The number of likely N-dealkylation sites (N-methyl/N-ethyl adjacent to an activating group) is 1. The van der Waals surface area contributed by atoms with Gasteiger partial charge in [0.25, 0.3) is 0 Å². The lowest BCUT2D eigenvalue weighted by atomic mass is 9.98. The first-order valence-electron chi connectivity index (χ1n) is 8.59. The molecule has 0 radical (unpaired) electrons. The average Bonchev–Trinajstić information content (AvgIpc) is 3.22. The molecule has 1 aromatic rings. The smallest absolute Gasteiger partial charge is 0.0397 e. The summed E-state index contributed by atoms with van der Waals surface area (Å²) in [5, 5.41) is 7.26. The quantitative estimate of drug-likeness (QED) is 0.887. The molecule has 0 aromatic heterocycles. The molecule has 1 saturated heterocycles. The Kier molecular flexibility index (Phi) is 3.64. The van der Waals surface area contributed by atoms with Gasteiger partial charge in [-0.15, -0.1) is 0 Å². The summed E-state index contributed by atoms with van der Waals surface area (Å²) in [4.78, 5) is 2.37. The number of hydrogen-bond acceptors (Lipinski definition) is 3. The summed E-state index contributed by atoms with van der Waals surface area (Å²) in [7, 11) is 2.20. The Labute approximate surface area is 128 Å². The molecule has 3 aliphatic rings. The largest absolute Gasteiger partial charge is 0.374 e. The van der Waals surface area contributed by atoms with Gasteiger partial charge in [-0.2, -0.15) is 0 Å². The fraction of sp³-hybridized carbons (Fsp3) is 0.667. The Morgan fingerprint density at radius 2 is 2.14 bits per heavy atom. The summed E-state index contributed by atoms with van der Waals surface area (Å²) in [5.74, 6) is 1.66. The van der Waals surface area contributed by atoms with Gasteiger partial charge in [0.2, 0.25) is 0 Å². The van der Waals surface area contributed by atoms with Crippen LogP contribution in [0.1, 0.15) is 36.3 Å². The SMILES string of the molecule is CN1CCc2cc(C3CC3NCC3CCNCC3)ccc21. The van der Waals surface area contributed by atoms with Crippen molar-refractivity contribution in [1.82, 2.24) is 10.6 Å². The van der Waals surface area contributed by atoms with Crippen LogP contribution in [-0.4, -0.2) is 39.3 Å². The van der Waals surface area contributed by atoms with Gasteiger partial charge in [0.1, 0.15) is 0 Å². The maximum absolute atomic E-state index is 3.81. The molecule has 1 saturated carbocycles. The Balaban J connectivity index is 1.32. The Hall–Kier alpha value is -1.06. The van der Waals surface area contributed by atoms with Crippen molar-refractivity contribution in [2.75, 3.05) is 38.1 Å². The normalized spacial score (nSPS) is 28.7. The fourth-order valence-electron chi connectivity index (χ4n) is 4.01. The van der Waals surface area contributed by atoms with Crippen molar-refractivity contribution in [1.29, 1.82) is 0 Å². The minimum Gasteiger partial charge on any atom is -0.374 e. The van der Waals surface area contributed by atoms with E-state index in [2.05, 4.69) is 40.8 Å². The van der Waals surface area contributed by atoms with Crippen molar-refractivity contribution in [2.24, 2.45) is 5.92 Å². The van der Waals surface area contributed by atoms with Crippen molar-refractivity contribution in [2.45, 2.75) is 37.6 Å². The molecule has 3 heteroatoms. The standard InChI is InChI=1S/C18H27N3/c1-21-9-6-15-10-14(2-3-18(15)21)16-11-17(16)20-12-13-4-7-19-8-5-13/h2-3,10,13,16-17,19-20H,4-9,11-12H2,1H3. The number of anilines is 1. The van der Waals surface area contributed by atoms with E-state index in [4.69, 9.17) is 0 Å².